The van der Waals surface area contributed by atoms with Gasteiger partial charge in [-0.15, -0.1) is 10.2 Å². The highest BCUT2D eigenvalue weighted by Crippen LogP contribution is 2.22. The number of nitrogens with zero attached hydrogens (tertiary/aromatic N) is 3. The average molecular weight is 274 g/mol. The Morgan fingerprint density at radius 3 is 2.60 bits per heavy atom. The summed E-state index contributed by atoms with van der Waals surface area (Å²) >= 11 is 0. The number of aryl methyl sites for hydroxylation is 2. The third-order valence-electron chi connectivity index (χ3n) is 3.30. The molecule has 0 bridgehead atoms. The second-order valence-corrected chi connectivity index (χ2v) is 5.25. The topological polar surface area (TPSA) is 63.8 Å². The standard InChI is InChI=1S/C15H22N4O/c1-5-12-18-19-13(20-12)9-17-14(10(2)3)15-11(4)7-6-8-16-15/h6-8,10,14,17H,5,9H2,1-4H3/t14-/m0/s1. The summed E-state index contributed by atoms with van der Waals surface area (Å²) in [6.07, 6.45) is 2.60. The number of pyridine rings is 1. The number of rotatable bonds is 6. The van der Waals surface area contributed by atoms with Crippen LogP contribution in [0, 0.1) is 12.8 Å². The van der Waals surface area contributed by atoms with Gasteiger partial charge in [0.15, 0.2) is 0 Å². The van der Waals surface area contributed by atoms with Crippen molar-refractivity contribution in [1.82, 2.24) is 20.5 Å². The molecule has 0 saturated heterocycles. The molecule has 2 rings (SSSR count). The summed E-state index contributed by atoms with van der Waals surface area (Å²) in [4.78, 5) is 4.50. The van der Waals surface area contributed by atoms with E-state index in [1.807, 2.05) is 19.2 Å². The zero-order chi connectivity index (χ0) is 14.5. The van der Waals surface area contributed by atoms with Gasteiger partial charge in [-0.2, -0.15) is 0 Å². The first kappa shape index (κ1) is 14.7. The molecule has 0 aliphatic carbocycles. The summed E-state index contributed by atoms with van der Waals surface area (Å²) in [5.74, 6) is 1.73. The van der Waals surface area contributed by atoms with E-state index in [2.05, 4.69) is 47.3 Å². The van der Waals surface area contributed by atoms with Gasteiger partial charge < -0.3 is 4.42 Å². The largest absolute Gasteiger partial charge is 0.424 e. The van der Waals surface area contributed by atoms with Crippen molar-refractivity contribution in [3.8, 4) is 0 Å². The molecule has 5 heteroatoms. The highest BCUT2D eigenvalue weighted by molar-refractivity contribution is 5.21. The van der Waals surface area contributed by atoms with Crippen LogP contribution in [0.4, 0.5) is 0 Å². The fraction of sp³-hybridized carbons (Fsp3) is 0.533. The lowest BCUT2D eigenvalue weighted by Crippen LogP contribution is -2.27. The van der Waals surface area contributed by atoms with Crippen LogP contribution in [-0.2, 0) is 13.0 Å². The molecule has 1 atom stereocenters. The first-order chi connectivity index (χ1) is 9.61. The number of aromatic nitrogens is 3. The van der Waals surface area contributed by atoms with Gasteiger partial charge in [-0.25, -0.2) is 0 Å². The van der Waals surface area contributed by atoms with Crippen LogP contribution in [0.25, 0.3) is 0 Å². The molecule has 0 aliphatic heterocycles. The van der Waals surface area contributed by atoms with Gasteiger partial charge >= 0.3 is 0 Å². The van der Waals surface area contributed by atoms with E-state index in [1.165, 1.54) is 5.56 Å². The van der Waals surface area contributed by atoms with Gasteiger partial charge in [0.2, 0.25) is 11.8 Å². The van der Waals surface area contributed by atoms with E-state index in [4.69, 9.17) is 4.42 Å². The fourth-order valence-corrected chi connectivity index (χ4v) is 2.17. The van der Waals surface area contributed by atoms with Gasteiger partial charge in [-0.05, 0) is 24.5 Å². The smallest absolute Gasteiger partial charge is 0.230 e. The van der Waals surface area contributed by atoms with Gasteiger partial charge in [-0.1, -0.05) is 26.8 Å². The van der Waals surface area contributed by atoms with Crippen molar-refractivity contribution in [2.24, 2.45) is 5.92 Å². The van der Waals surface area contributed by atoms with Crippen LogP contribution in [0.15, 0.2) is 22.7 Å². The van der Waals surface area contributed by atoms with E-state index in [0.29, 0.717) is 24.2 Å². The summed E-state index contributed by atoms with van der Waals surface area (Å²) in [6.45, 7) is 9.00. The lowest BCUT2D eigenvalue weighted by Gasteiger charge is -2.22. The van der Waals surface area contributed by atoms with Crippen molar-refractivity contribution in [2.75, 3.05) is 0 Å². The Morgan fingerprint density at radius 1 is 1.25 bits per heavy atom. The van der Waals surface area contributed by atoms with Crippen molar-refractivity contribution >= 4 is 0 Å². The third-order valence-corrected chi connectivity index (χ3v) is 3.30. The molecule has 0 spiro atoms. The molecule has 2 heterocycles. The summed E-state index contributed by atoms with van der Waals surface area (Å²) in [6, 6.07) is 4.22. The van der Waals surface area contributed by atoms with Gasteiger partial charge in [0.25, 0.3) is 0 Å². The molecular weight excluding hydrogens is 252 g/mol. The summed E-state index contributed by atoms with van der Waals surface area (Å²) in [7, 11) is 0. The van der Waals surface area contributed by atoms with Crippen molar-refractivity contribution in [2.45, 2.75) is 46.7 Å². The maximum absolute atomic E-state index is 5.52. The molecule has 0 radical (unpaired) electrons. The highest BCUT2D eigenvalue weighted by atomic mass is 16.4. The van der Waals surface area contributed by atoms with Crippen molar-refractivity contribution in [1.29, 1.82) is 0 Å². The molecule has 20 heavy (non-hydrogen) atoms. The quantitative estimate of drug-likeness (QED) is 0.877. The predicted molar refractivity (Wildman–Crippen MR) is 77.1 cm³/mol. The normalized spacial score (nSPS) is 12.8. The lowest BCUT2D eigenvalue weighted by atomic mass is 9.97. The van der Waals surface area contributed by atoms with E-state index < -0.39 is 0 Å². The Hall–Kier alpha value is -1.75. The van der Waals surface area contributed by atoms with Crippen LogP contribution in [0.2, 0.25) is 0 Å². The Balaban J connectivity index is 2.08. The fourth-order valence-electron chi connectivity index (χ4n) is 2.17. The molecule has 0 saturated carbocycles. The van der Waals surface area contributed by atoms with Crippen LogP contribution in [-0.4, -0.2) is 15.2 Å². The van der Waals surface area contributed by atoms with E-state index in [-0.39, 0.29) is 6.04 Å². The highest BCUT2D eigenvalue weighted by Gasteiger charge is 2.19. The number of nitrogens with one attached hydrogen (secondary N) is 1. The van der Waals surface area contributed by atoms with Gasteiger partial charge in [0.1, 0.15) is 0 Å². The molecule has 0 aliphatic rings. The molecule has 0 unspecified atom stereocenters. The Labute approximate surface area is 119 Å². The summed E-state index contributed by atoms with van der Waals surface area (Å²) < 4.78 is 5.52. The van der Waals surface area contributed by atoms with E-state index >= 15 is 0 Å². The second kappa shape index (κ2) is 6.61. The van der Waals surface area contributed by atoms with Gasteiger partial charge in [-0.3, -0.25) is 10.3 Å². The van der Waals surface area contributed by atoms with Crippen molar-refractivity contribution < 1.29 is 4.42 Å². The molecule has 0 amide bonds. The minimum absolute atomic E-state index is 0.174. The van der Waals surface area contributed by atoms with Crippen molar-refractivity contribution in [3.05, 3.63) is 41.4 Å². The zero-order valence-corrected chi connectivity index (χ0v) is 12.6. The second-order valence-electron chi connectivity index (χ2n) is 5.25. The predicted octanol–water partition coefficient (Wildman–Crippen LogP) is 2.82. The van der Waals surface area contributed by atoms with E-state index in [9.17, 15) is 0 Å². The van der Waals surface area contributed by atoms with E-state index in [0.717, 1.165) is 12.1 Å². The third kappa shape index (κ3) is 3.42. The Morgan fingerprint density at radius 2 is 2.00 bits per heavy atom. The molecule has 5 nitrogen and oxygen atoms in total. The van der Waals surface area contributed by atoms with Crippen LogP contribution >= 0.6 is 0 Å². The zero-order valence-electron chi connectivity index (χ0n) is 12.6. The molecule has 2 aromatic rings. The Bertz CT molecular complexity index is 550. The molecule has 0 fully saturated rings. The number of hydrogen-bond acceptors (Lipinski definition) is 5. The first-order valence-corrected chi connectivity index (χ1v) is 7.08. The van der Waals surface area contributed by atoms with Gasteiger partial charge in [0, 0.05) is 12.6 Å². The first-order valence-electron chi connectivity index (χ1n) is 7.08. The SMILES string of the molecule is CCc1nnc(CN[C@H](c2ncccc2C)C(C)C)o1. The molecule has 1 N–H and O–H groups in total. The summed E-state index contributed by atoms with van der Waals surface area (Å²) in [5.41, 5.74) is 2.27. The van der Waals surface area contributed by atoms with E-state index in [1.54, 1.807) is 0 Å². The van der Waals surface area contributed by atoms with Crippen molar-refractivity contribution in [3.63, 3.8) is 0 Å². The van der Waals surface area contributed by atoms with Crippen LogP contribution in [0.5, 0.6) is 0 Å². The maximum atomic E-state index is 5.52. The molecular formula is C15H22N4O. The van der Waals surface area contributed by atoms with Gasteiger partial charge in [0.05, 0.1) is 18.3 Å². The Kier molecular flexibility index (Phi) is 4.84. The lowest BCUT2D eigenvalue weighted by molar-refractivity contribution is 0.364. The maximum Gasteiger partial charge on any atom is 0.230 e. The average Bonchev–Trinajstić information content (AvgIpc) is 2.88. The monoisotopic (exact) mass is 274 g/mol. The molecule has 108 valence electrons. The molecule has 2 aromatic heterocycles. The van der Waals surface area contributed by atoms with Crippen LogP contribution in [0.3, 0.4) is 0 Å². The minimum atomic E-state index is 0.174. The minimum Gasteiger partial charge on any atom is -0.424 e. The van der Waals surface area contributed by atoms with Crippen LogP contribution < -0.4 is 5.32 Å². The number of hydrogen-bond donors (Lipinski definition) is 1. The summed E-state index contributed by atoms with van der Waals surface area (Å²) in [5, 5.41) is 11.5. The van der Waals surface area contributed by atoms with Crippen LogP contribution in [0.1, 0.15) is 49.9 Å². The molecule has 0 aromatic carbocycles.